The molecule has 7 heteroatoms. The zero-order valence-corrected chi connectivity index (χ0v) is 15.6. The van der Waals surface area contributed by atoms with Gasteiger partial charge in [-0.15, -0.1) is 0 Å². The van der Waals surface area contributed by atoms with Crippen molar-refractivity contribution < 1.29 is 26.5 Å². The van der Waals surface area contributed by atoms with E-state index in [1.165, 1.54) is 6.07 Å². The zero-order valence-electron chi connectivity index (χ0n) is 14.8. The van der Waals surface area contributed by atoms with Crippen molar-refractivity contribution in [1.29, 1.82) is 0 Å². The number of ether oxygens (including phenoxy) is 2. The molecule has 2 aliphatic rings. The number of halogens is 1. The van der Waals surface area contributed by atoms with Gasteiger partial charge in [0.1, 0.15) is 11.4 Å². The Labute approximate surface area is 148 Å². The molecule has 1 saturated heterocycles. The second-order valence-corrected chi connectivity index (χ2v) is 9.02. The molecule has 0 bridgehead atoms. The normalized spacial score (nSPS) is 32.9. The van der Waals surface area contributed by atoms with Crippen LogP contribution in [-0.4, -0.2) is 39.1 Å². The van der Waals surface area contributed by atoms with Crippen molar-refractivity contribution in [3.63, 3.8) is 0 Å². The predicted molar refractivity (Wildman–Crippen MR) is 90.9 cm³/mol. The first kappa shape index (κ1) is 18.8. The van der Waals surface area contributed by atoms with Crippen molar-refractivity contribution >= 4 is 10.1 Å². The summed E-state index contributed by atoms with van der Waals surface area (Å²) in [6.45, 7) is 4.36. The number of fused-ring (bicyclic) bond motifs is 1. The summed E-state index contributed by atoms with van der Waals surface area (Å²) in [5.41, 5.74) is 0.206. The second kappa shape index (κ2) is 6.95. The summed E-state index contributed by atoms with van der Waals surface area (Å²) >= 11 is 0. The van der Waals surface area contributed by atoms with Crippen molar-refractivity contribution in [2.24, 2.45) is 11.8 Å². The lowest BCUT2D eigenvalue weighted by Gasteiger charge is -2.34. The number of rotatable bonds is 7. The minimum absolute atomic E-state index is 0.0723. The first-order valence-corrected chi connectivity index (χ1v) is 10.4. The molecule has 5 unspecified atom stereocenters. The topological polar surface area (TPSA) is 65.1 Å². The molecule has 2 fully saturated rings. The van der Waals surface area contributed by atoms with Crippen LogP contribution in [0.1, 0.15) is 32.3 Å². The van der Waals surface area contributed by atoms with Crippen LogP contribution in [0.15, 0.2) is 24.3 Å². The third-order valence-electron chi connectivity index (χ3n) is 5.40. The minimum atomic E-state index is -3.44. The number of hydrogen-bond acceptors (Lipinski definition) is 5. The van der Waals surface area contributed by atoms with Crippen LogP contribution in [0.3, 0.4) is 0 Å². The summed E-state index contributed by atoms with van der Waals surface area (Å²) in [7, 11) is -3.44. The summed E-state index contributed by atoms with van der Waals surface area (Å²) in [5, 5.41) is 0. The maximum atomic E-state index is 13.8. The van der Waals surface area contributed by atoms with Gasteiger partial charge in [0.15, 0.2) is 0 Å². The molecule has 140 valence electrons. The summed E-state index contributed by atoms with van der Waals surface area (Å²) in [6.07, 6.45) is 2.64. The minimum Gasteiger partial charge on any atom is -0.370 e. The molecular weight excluding hydrogens is 347 g/mol. The van der Waals surface area contributed by atoms with Gasteiger partial charge in [0.2, 0.25) is 0 Å². The smallest absolute Gasteiger partial charge is 0.264 e. The SMILES string of the molecule is CC(COS(C)(=O)=O)C1CC(OCc2ccccc2F)C2(C)OC2C1. The molecule has 25 heavy (non-hydrogen) atoms. The fourth-order valence-corrected chi connectivity index (χ4v) is 4.05. The van der Waals surface area contributed by atoms with Gasteiger partial charge >= 0.3 is 0 Å². The molecule has 1 aliphatic heterocycles. The number of epoxide rings is 1. The first-order valence-electron chi connectivity index (χ1n) is 8.56. The van der Waals surface area contributed by atoms with Gasteiger partial charge in [-0.2, -0.15) is 8.42 Å². The van der Waals surface area contributed by atoms with Crippen LogP contribution >= 0.6 is 0 Å². The Morgan fingerprint density at radius 1 is 1.36 bits per heavy atom. The summed E-state index contributed by atoms with van der Waals surface area (Å²) < 4.78 is 53.0. The molecule has 1 aromatic rings. The van der Waals surface area contributed by atoms with Crippen LogP contribution in [0.25, 0.3) is 0 Å². The van der Waals surface area contributed by atoms with E-state index < -0.39 is 10.1 Å². The van der Waals surface area contributed by atoms with Crippen molar-refractivity contribution in [2.45, 2.75) is 51.1 Å². The molecule has 1 heterocycles. The lowest BCUT2D eigenvalue weighted by Crippen LogP contribution is -2.40. The second-order valence-electron chi connectivity index (χ2n) is 7.38. The Morgan fingerprint density at radius 2 is 2.08 bits per heavy atom. The standard InChI is InChI=1S/C18H25FO5S/c1-12(10-23-25(3,20)21)14-8-16(18(2)17(9-14)24-18)22-11-13-6-4-5-7-15(13)19/h4-7,12,14,16-17H,8-11H2,1-3H3. The van der Waals surface area contributed by atoms with Gasteiger partial charge in [0.05, 0.1) is 31.7 Å². The van der Waals surface area contributed by atoms with Crippen LogP contribution in [0.4, 0.5) is 4.39 Å². The van der Waals surface area contributed by atoms with Crippen molar-refractivity contribution in [3.8, 4) is 0 Å². The van der Waals surface area contributed by atoms with E-state index >= 15 is 0 Å². The number of benzene rings is 1. The lowest BCUT2D eigenvalue weighted by molar-refractivity contribution is -0.0344. The van der Waals surface area contributed by atoms with Crippen LogP contribution < -0.4 is 0 Å². The molecule has 1 aliphatic carbocycles. The predicted octanol–water partition coefficient (Wildman–Crippen LogP) is 2.89. The Kier molecular flexibility index (Phi) is 5.21. The highest BCUT2D eigenvalue weighted by Gasteiger charge is 2.62. The third kappa shape index (κ3) is 4.39. The summed E-state index contributed by atoms with van der Waals surface area (Å²) in [5.74, 6) is 0.0409. The van der Waals surface area contributed by atoms with Crippen LogP contribution in [0.5, 0.6) is 0 Å². The molecule has 0 spiro atoms. The average Bonchev–Trinajstić information content (AvgIpc) is 3.22. The molecule has 0 aromatic heterocycles. The molecule has 5 nitrogen and oxygen atoms in total. The van der Waals surface area contributed by atoms with Gasteiger partial charge in [-0.1, -0.05) is 25.1 Å². The zero-order chi connectivity index (χ0) is 18.2. The maximum absolute atomic E-state index is 13.8. The molecular formula is C18H25FO5S. The Morgan fingerprint density at radius 3 is 2.76 bits per heavy atom. The van der Waals surface area contributed by atoms with E-state index in [0.717, 1.165) is 19.1 Å². The largest absolute Gasteiger partial charge is 0.370 e. The van der Waals surface area contributed by atoms with Crippen LogP contribution in [0.2, 0.25) is 0 Å². The maximum Gasteiger partial charge on any atom is 0.264 e. The monoisotopic (exact) mass is 372 g/mol. The van der Waals surface area contributed by atoms with Gasteiger partial charge in [-0.25, -0.2) is 4.39 Å². The molecule has 0 amide bonds. The molecule has 1 saturated carbocycles. The van der Waals surface area contributed by atoms with Crippen molar-refractivity contribution in [1.82, 2.24) is 0 Å². The van der Waals surface area contributed by atoms with Crippen molar-refractivity contribution in [2.75, 3.05) is 12.9 Å². The van der Waals surface area contributed by atoms with E-state index in [0.29, 0.717) is 5.56 Å². The van der Waals surface area contributed by atoms with Gasteiger partial charge in [0.25, 0.3) is 10.1 Å². The Hall–Kier alpha value is -1.02. The third-order valence-corrected chi connectivity index (χ3v) is 5.96. The van der Waals surface area contributed by atoms with E-state index in [9.17, 15) is 12.8 Å². The summed E-state index contributed by atoms with van der Waals surface area (Å²) in [4.78, 5) is 0. The quantitative estimate of drug-likeness (QED) is 0.544. The van der Waals surface area contributed by atoms with E-state index in [1.54, 1.807) is 18.2 Å². The highest BCUT2D eigenvalue weighted by molar-refractivity contribution is 7.85. The molecule has 1 aromatic carbocycles. The van der Waals surface area contributed by atoms with E-state index in [2.05, 4.69) is 0 Å². The fourth-order valence-electron chi connectivity index (χ4n) is 3.59. The van der Waals surface area contributed by atoms with Crippen LogP contribution in [-0.2, 0) is 30.4 Å². The Bertz CT molecular complexity index is 722. The highest BCUT2D eigenvalue weighted by Crippen LogP contribution is 2.52. The van der Waals surface area contributed by atoms with Gasteiger partial charge in [0, 0.05) is 5.56 Å². The lowest BCUT2D eigenvalue weighted by atomic mass is 9.75. The van der Waals surface area contributed by atoms with E-state index in [4.69, 9.17) is 13.7 Å². The van der Waals surface area contributed by atoms with Gasteiger partial charge in [-0.3, -0.25) is 4.18 Å². The van der Waals surface area contributed by atoms with Gasteiger partial charge in [-0.05, 0) is 37.7 Å². The average molecular weight is 372 g/mol. The number of hydrogen-bond donors (Lipinski definition) is 0. The molecule has 3 rings (SSSR count). The highest BCUT2D eigenvalue weighted by atomic mass is 32.2. The molecule has 0 radical (unpaired) electrons. The van der Waals surface area contributed by atoms with Crippen molar-refractivity contribution in [3.05, 3.63) is 35.6 Å². The molecule has 0 N–H and O–H groups in total. The van der Waals surface area contributed by atoms with E-state index in [-0.39, 0.29) is 48.7 Å². The first-order chi connectivity index (χ1) is 11.7. The van der Waals surface area contributed by atoms with Gasteiger partial charge < -0.3 is 9.47 Å². The Balaban J connectivity index is 1.60. The van der Waals surface area contributed by atoms with Crippen LogP contribution in [0, 0.1) is 17.7 Å². The molecule has 5 atom stereocenters. The summed E-state index contributed by atoms with van der Waals surface area (Å²) in [6, 6.07) is 6.57. The van der Waals surface area contributed by atoms with E-state index in [1.807, 2.05) is 13.8 Å². The fraction of sp³-hybridized carbons (Fsp3) is 0.667.